The lowest BCUT2D eigenvalue weighted by molar-refractivity contribution is 0.0935. The molecule has 0 spiro atoms. The number of hydrogen-bond acceptors (Lipinski definition) is 4. The third-order valence-electron chi connectivity index (χ3n) is 4.11. The topological polar surface area (TPSA) is 66.9 Å². The van der Waals surface area contributed by atoms with Crippen LogP contribution in [0, 0.1) is 6.92 Å². The Morgan fingerprint density at radius 3 is 2.50 bits per heavy atom. The van der Waals surface area contributed by atoms with Gasteiger partial charge in [-0.1, -0.05) is 60.2 Å². The van der Waals surface area contributed by atoms with Gasteiger partial charge in [-0.15, -0.1) is 0 Å². The van der Waals surface area contributed by atoms with E-state index >= 15 is 0 Å². The summed E-state index contributed by atoms with van der Waals surface area (Å²) in [4.78, 5) is 21.0. The number of nitrogens with zero attached hydrogens (tertiary/aromatic N) is 2. The molecule has 1 atom stereocenters. The van der Waals surface area contributed by atoms with Crippen LogP contribution in [-0.2, 0) is 6.54 Å². The van der Waals surface area contributed by atoms with Gasteiger partial charge >= 0.3 is 0 Å². The number of hydrogen-bond donors (Lipinski definition) is 2. The van der Waals surface area contributed by atoms with E-state index in [1.807, 2.05) is 37.3 Å². The van der Waals surface area contributed by atoms with Crippen LogP contribution < -0.4 is 10.6 Å². The number of rotatable bonds is 6. The fourth-order valence-corrected chi connectivity index (χ4v) is 2.55. The van der Waals surface area contributed by atoms with Gasteiger partial charge in [-0.3, -0.25) is 4.79 Å². The third kappa shape index (κ3) is 4.66. The second-order valence-corrected chi connectivity index (χ2v) is 6.21. The summed E-state index contributed by atoms with van der Waals surface area (Å²) in [5, 5.41) is 6.12. The number of aryl methyl sites for hydroxylation is 1. The predicted molar refractivity (Wildman–Crippen MR) is 103 cm³/mol. The number of amides is 1. The molecule has 0 aliphatic rings. The van der Waals surface area contributed by atoms with E-state index in [0.29, 0.717) is 18.2 Å². The van der Waals surface area contributed by atoms with Gasteiger partial charge in [-0.05, 0) is 31.0 Å². The van der Waals surface area contributed by atoms with Crippen LogP contribution >= 0.6 is 0 Å². The van der Waals surface area contributed by atoms with E-state index in [0.717, 1.165) is 11.1 Å². The minimum atomic E-state index is -0.220. The molecule has 5 nitrogen and oxygen atoms in total. The van der Waals surface area contributed by atoms with Crippen molar-refractivity contribution in [2.45, 2.75) is 26.4 Å². The maximum atomic E-state index is 12.5. The Morgan fingerprint density at radius 1 is 1.04 bits per heavy atom. The summed E-state index contributed by atoms with van der Waals surface area (Å²) in [6, 6.07) is 19.6. The first-order valence-corrected chi connectivity index (χ1v) is 8.60. The lowest BCUT2D eigenvalue weighted by atomic mass is 10.1. The minimum Gasteiger partial charge on any atom is -0.350 e. The standard InChI is InChI=1S/C21H22N4O/c1-15-8-10-17(11-9-15)14-23-21-22-13-12-19(25-21)20(26)24-16(2)18-6-4-3-5-7-18/h3-13,16H,14H2,1-2H3,(H,24,26)(H,22,23,25). The van der Waals surface area contributed by atoms with Crippen LogP contribution in [0.15, 0.2) is 66.9 Å². The third-order valence-corrected chi connectivity index (χ3v) is 4.11. The van der Waals surface area contributed by atoms with E-state index in [4.69, 9.17) is 0 Å². The van der Waals surface area contributed by atoms with Crippen LogP contribution in [0.3, 0.4) is 0 Å². The van der Waals surface area contributed by atoms with Gasteiger partial charge in [0.1, 0.15) is 5.69 Å². The molecule has 26 heavy (non-hydrogen) atoms. The van der Waals surface area contributed by atoms with Crippen molar-refractivity contribution in [3.63, 3.8) is 0 Å². The highest BCUT2D eigenvalue weighted by Crippen LogP contribution is 2.12. The average Bonchev–Trinajstić information content (AvgIpc) is 2.68. The van der Waals surface area contributed by atoms with E-state index < -0.39 is 0 Å². The lowest BCUT2D eigenvalue weighted by Gasteiger charge is -2.14. The van der Waals surface area contributed by atoms with Gasteiger partial charge < -0.3 is 10.6 Å². The molecule has 1 heterocycles. The van der Waals surface area contributed by atoms with Crippen molar-refractivity contribution in [1.29, 1.82) is 0 Å². The van der Waals surface area contributed by atoms with E-state index in [9.17, 15) is 4.79 Å². The van der Waals surface area contributed by atoms with Crippen molar-refractivity contribution in [1.82, 2.24) is 15.3 Å². The summed E-state index contributed by atoms with van der Waals surface area (Å²) in [5.74, 6) is 0.215. The van der Waals surface area contributed by atoms with Gasteiger partial charge in [0.05, 0.1) is 6.04 Å². The van der Waals surface area contributed by atoms with Crippen molar-refractivity contribution < 1.29 is 4.79 Å². The molecule has 3 rings (SSSR count). The molecule has 5 heteroatoms. The first kappa shape index (κ1) is 17.6. The van der Waals surface area contributed by atoms with Crippen molar-refractivity contribution in [2.24, 2.45) is 0 Å². The van der Waals surface area contributed by atoms with Crippen LogP contribution in [-0.4, -0.2) is 15.9 Å². The van der Waals surface area contributed by atoms with Gasteiger partial charge in [0.25, 0.3) is 5.91 Å². The summed E-state index contributed by atoms with van der Waals surface area (Å²) in [6.45, 7) is 4.61. The zero-order valence-electron chi connectivity index (χ0n) is 14.9. The van der Waals surface area contributed by atoms with Crippen LogP contribution in [0.4, 0.5) is 5.95 Å². The highest BCUT2D eigenvalue weighted by atomic mass is 16.1. The van der Waals surface area contributed by atoms with Crippen molar-refractivity contribution in [2.75, 3.05) is 5.32 Å². The van der Waals surface area contributed by atoms with Gasteiger partial charge in [-0.25, -0.2) is 9.97 Å². The zero-order valence-corrected chi connectivity index (χ0v) is 14.9. The number of aromatic nitrogens is 2. The number of anilines is 1. The number of nitrogens with one attached hydrogen (secondary N) is 2. The van der Waals surface area contributed by atoms with Crippen LogP contribution in [0.1, 0.15) is 40.1 Å². The maximum absolute atomic E-state index is 12.5. The number of benzene rings is 2. The van der Waals surface area contributed by atoms with Gasteiger partial charge in [0.15, 0.2) is 0 Å². The van der Waals surface area contributed by atoms with Crippen molar-refractivity contribution in [3.05, 3.63) is 89.2 Å². The Kier molecular flexibility index (Phi) is 5.59. The predicted octanol–water partition coefficient (Wildman–Crippen LogP) is 3.89. The molecule has 0 fully saturated rings. The molecule has 0 saturated heterocycles. The Hall–Kier alpha value is -3.21. The zero-order chi connectivity index (χ0) is 18.4. The molecule has 1 unspecified atom stereocenters. The monoisotopic (exact) mass is 346 g/mol. The number of carbonyl (C=O) groups excluding carboxylic acids is 1. The van der Waals surface area contributed by atoms with Crippen LogP contribution in [0.2, 0.25) is 0 Å². The normalized spacial score (nSPS) is 11.6. The second-order valence-electron chi connectivity index (χ2n) is 6.21. The molecule has 0 aliphatic heterocycles. The SMILES string of the molecule is Cc1ccc(CNc2nccc(C(=O)NC(C)c3ccccc3)n2)cc1. The molecular weight excluding hydrogens is 324 g/mol. The summed E-state index contributed by atoms with van der Waals surface area (Å²) >= 11 is 0. The van der Waals surface area contributed by atoms with E-state index in [1.165, 1.54) is 5.56 Å². The largest absolute Gasteiger partial charge is 0.350 e. The van der Waals surface area contributed by atoms with Crippen molar-refractivity contribution >= 4 is 11.9 Å². The minimum absolute atomic E-state index is 0.0948. The number of carbonyl (C=O) groups is 1. The highest BCUT2D eigenvalue weighted by Gasteiger charge is 2.13. The average molecular weight is 346 g/mol. The molecule has 132 valence electrons. The summed E-state index contributed by atoms with van der Waals surface area (Å²) < 4.78 is 0. The molecule has 0 bridgehead atoms. The van der Waals surface area contributed by atoms with Gasteiger partial charge in [0.2, 0.25) is 5.95 Å². The lowest BCUT2D eigenvalue weighted by Crippen LogP contribution is -2.27. The fourth-order valence-electron chi connectivity index (χ4n) is 2.55. The Bertz CT molecular complexity index is 863. The summed E-state index contributed by atoms with van der Waals surface area (Å²) in [5.41, 5.74) is 3.74. The van der Waals surface area contributed by atoms with E-state index in [-0.39, 0.29) is 11.9 Å². The molecule has 0 saturated carbocycles. The van der Waals surface area contributed by atoms with E-state index in [1.54, 1.807) is 12.3 Å². The van der Waals surface area contributed by atoms with E-state index in [2.05, 4.69) is 51.8 Å². The molecule has 2 aromatic carbocycles. The van der Waals surface area contributed by atoms with Gasteiger partial charge in [-0.2, -0.15) is 0 Å². The smallest absolute Gasteiger partial charge is 0.270 e. The molecule has 1 amide bonds. The molecule has 1 aromatic heterocycles. The second kappa shape index (κ2) is 8.25. The Labute approximate surface area is 153 Å². The first-order chi connectivity index (χ1) is 12.6. The van der Waals surface area contributed by atoms with Crippen LogP contribution in [0.5, 0.6) is 0 Å². The molecule has 2 N–H and O–H groups in total. The molecule has 0 radical (unpaired) electrons. The molecular formula is C21H22N4O. The molecule has 0 aliphatic carbocycles. The van der Waals surface area contributed by atoms with Crippen LogP contribution in [0.25, 0.3) is 0 Å². The molecule has 3 aromatic rings. The Balaban J connectivity index is 1.62. The van der Waals surface area contributed by atoms with Crippen molar-refractivity contribution in [3.8, 4) is 0 Å². The first-order valence-electron chi connectivity index (χ1n) is 8.60. The fraction of sp³-hybridized carbons (Fsp3) is 0.190. The quantitative estimate of drug-likeness (QED) is 0.711. The Morgan fingerprint density at radius 2 is 1.77 bits per heavy atom. The van der Waals surface area contributed by atoms with Gasteiger partial charge in [0, 0.05) is 12.7 Å². The maximum Gasteiger partial charge on any atom is 0.270 e. The summed E-state index contributed by atoms with van der Waals surface area (Å²) in [6.07, 6.45) is 1.59. The summed E-state index contributed by atoms with van der Waals surface area (Å²) in [7, 11) is 0. The highest BCUT2D eigenvalue weighted by molar-refractivity contribution is 5.92.